The standard InChI is InChI=1S/C19H25NO/c1-5-12-21-18-10-8-16(9-11-18)19(20-4)17-7-6-14(2)15(3)13-17/h6-11,13,19-20H,5,12H2,1-4H3. The molecule has 0 aromatic heterocycles. The van der Waals surface area contributed by atoms with Crippen LogP contribution in [-0.2, 0) is 0 Å². The van der Waals surface area contributed by atoms with Crippen molar-refractivity contribution in [3.05, 3.63) is 64.7 Å². The van der Waals surface area contributed by atoms with Gasteiger partial charge < -0.3 is 10.1 Å². The molecule has 0 aliphatic heterocycles. The second kappa shape index (κ2) is 7.28. The molecule has 1 atom stereocenters. The fourth-order valence-electron chi connectivity index (χ4n) is 2.45. The monoisotopic (exact) mass is 283 g/mol. The van der Waals surface area contributed by atoms with Gasteiger partial charge in [0.1, 0.15) is 5.75 Å². The topological polar surface area (TPSA) is 21.3 Å². The van der Waals surface area contributed by atoms with Crippen LogP contribution in [0.4, 0.5) is 0 Å². The van der Waals surface area contributed by atoms with E-state index in [0.29, 0.717) is 0 Å². The first-order chi connectivity index (χ1) is 10.2. The molecule has 0 aliphatic rings. The summed E-state index contributed by atoms with van der Waals surface area (Å²) in [5.74, 6) is 0.940. The molecular weight excluding hydrogens is 258 g/mol. The molecule has 2 aromatic carbocycles. The third-order valence-corrected chi connectivity index (χ3v) is 3.84. The van der Waals surface area contributed by atoms with E-state index in [-0.39, 0.29) is 6.04 Å². The highest BCUT2D eigenvalue weighted by atomic mass is 16.5. The zero-order chi connectivity index (χ0) is 15.2. The minimum absolute atomic E-state index is 0.213. The van der Waals surface area contributed by atoms with E-state index in [2.05, 4.69) is 68.6 Å². The molecular formula is C19H25NO. The number of benzene rings is 2. The van der Waals surface area contributed by atoms with Crippen LogP contribution in [-0.4, -0.2) is 13.7 Å². The van der Waals surface area contributed by atoms with Crippen molar-refractivity contribution >= 4 is 0 Å². The van der Waals surface area contributed by atoms with E-state index in [1.807, 2.05) is 7.05 Å². The third kappa shape index (κ3) is 3.85. The lowest BCUT2D eigenvalue weighted by Gasteiger charge is -2.19. The molecule has 2 rings (SSSR count). The number of hydrogen-bond acceptors (Lipinski definition) is 2. The minimum Gasteiger partial charge on any atom is -0.494 e. The Hall–Kier alpha value is -1.80. The first-order valence-corrected chi connectivity index (χ1v) is 7.63. The lowest BCUT2D eigenvalue weighted by molar-refractivity contribution is 0.317. The van der Waals surface area contributed by atoms with E-state index in [0.717, 1.165) is 18.8 Å². The molecule has 0 saturated carbocycles. The summed E-state index contributed by atoms with van der Waals surface area (Å²) in [6, 6.07) is 15.2. The van der Waals surface area contributed by atoms with Crippen LogP contribution in [0.2, 0.25) is 0 Å². The van der Waals surface area contributed by atoms with Crippen molar-refractivity contribution in [2.75, 3.05) is 13.7 Å². The van der Waals surface area contributed by atoms with E-state index < -0.39 is 0 Å². The second-order valence-electron chi connectivity index (χ2n) is 5.48. The minimum atomic E-state index is 0.213. The smallest absolute Gasteiger partial charge is 0.119 e. The van der Waals surface area contributed by atoms with Crippen molar-refractivity contribution in [1.29, 1.82) is 0 Å². The van der Waals surface area contributed by atoms with Crippen molar-refractivity contribution in [2.45, 2.75) is 33.2 Å². The van der Waals surface area contributed by atoms with Gasteiger partial charge in [-0.3, -0.25) is 0 Å². The SMILES string of the molecule is CCCOc1ccc(C(NC)c2ccc(C)c(C)c2)cc1. The van der Waals surface area contributed by atoms with Crippen LogP contribution in [0.15, 0.2) is 42.5 Å². The molecule has 2 aromatic rings. The second-order valence-corrected chi connectivity index (χ2v) is 5.48. The van der Waals surface area contributed by atoms with Gasteiger partial charge in [-0.1, -0.05) is 37.3 Å². The van der Waals surface area contributed by atoms with E-state index >= 15 is 0 Å². The average molecular weight is 283 g/mol. The van der Waals surface area contributed by atoms with Gasteiger partial charge in [0.15, 0.2) is 0 Å². The number of nitrogens with one attached hydrogen (secondary N) is 1. The van der Waals surface area contributed by atoms with E-state index in [1.54, 1.807) is 0 Å². The largest absolute Gasteiger partial charge is 0.494 e. The average Bonchev–Trinajstić information content (AvgIpc) is 2.50. The fourth-order valence-corrected chi connectivity index (χ4v) is 2.45. The normalized spacial score (nSPS) is 12.2. The van der Waals surface area contributed by atoms with E-state index in [4.69, 9.17) is 4.74 Å². The molecule has 0 amide bonds. The summed E-state index contributed by atoms with van der Waals surface area (Å²) >= 11 is 0. The highest BCUT2D eigenvalue weighted by molar-refractivity contribution is 5.38. The summed E-state index contributed by atoms with van der Waals surface area (Å²) in [6.07, 6.45) is 1.03. The van der Waals surface area contributed by atoms with Gasteiger partial charge in [-0.15, -0.1) is 0 Å². The van der Waals surface area contributed by atoms with Crippen LogP contribution in [0.3, 0.4) is 0 Å². The molecule has 1 unspecified atom stereocenters. The number of rotatable bonds is 6. The van der Waals surface area contributed by atoms with Gasteiger partial charge in [0.2, 0.25) is 0 Å². The molecule has 1 N–H and O–H groups in total. The molecule has 112 valence electrons. The summed E-state index contributed by atoms with van der Waals surface area (Å²) in [5.41, 5.74) is 5.21. The lowest BCUT2D eigenvalue weighted by atomic mass is 9.96. The maximum atomic E-state index is 5.64. The summed E-state index contributed by atoms with van der Waals surface area (Å²) in [5, 5.41) is 3.40. The molecule has 0 fully saturated rings. The molecule has 2 heteroatoms. The molecule has 21 heavy (non-hydrogen) atoms. The van der Waals surface area contributed by atoms with Crippen LogP contribution in [0.1, 0.15) is 41.6 Å². The highest BCUT2D eigenvalue weighted by Gasteiger charge is 2.12. The Morgan fingerprint density at radius 3 is 2.19 bits per heavy atom. The Balaban J connectivity index is 2.22. The Labute approximate surface area is 128 Å². The van der Waals surface area contributed by atoms with Gasteiger partial charge in [-0.05, 0) is 61.7 Å². The number of ether oxygens (including phenoxy) is 1. The first-order valence-electron chi connectivity index (χ1n) is 7.63. The predicted molar refractivity (Wildman–Crippen MR) is 89.0 cm³/mol. The summed E-state index contributed by atoms with van der Waals surface area (Å²) in [6.45, 7) is 7.19. The Morgan fingerprint density at radius 1 is 0.952 bits per heavy atom. The van der Waals surface area contributed by atoms with Crippen LogP contribution < -0.4 is 10.1 Å². The zero-order valence-electron chi connectivity index (χ0n) is 13.4. The number of aryl methyl sites for hydroxylation is 2. The molecule has 0 radical (unpaired) electrons. The van der Waals surface area contributed by atoms with Crippen molar-refractivity contribution in [1.82, 2.24) is 5.32 Å². The Bertz CT molecular complexity index is 575. The first kappa shape index (κ1) is 15.6. The Morgan fingerprint density at radius 2 is 1.62 bits per heavy atom. The maximum Gasteiger partial charge on any atom is 0.119 e. The molecule has 0 saturated heterocycles. The van der Waals surface area contributed by atoms with Crippen LogP contribution in [0.5, 0.6) is 5.75 Å². The van der Waals surface area contributed by atoms with Crippen molar-refractivity contribution < 1.29 is 4.74 Å². The quantitative estimate of drug-likeness (QED) is 0.848. The third-order valence-electron chi connectivity index (χ3n) is 3.84. The van der Waals surface area contributed by atoms with Crippen LogP contribution in [0.25, 0.3) is 0 Å². The fraction of sp³-hybridized carbons (Fsp3) is 0.368. The summed E-state index contributed by atoms with van der Waals surface area (Å²) < 4.78 is 5.64. The van der Waals surface area contributed by atoms with Crippen molar-refractivity contribution in [3.8, 4) is 5.75 Å². The van der Waals surface area contributed by atoms with Gasteiger partial charge in [0, 0.05) is 0 Å². The van der Waals surface area contributed by atoms with Crippen LogP contribution in [0, 0.1) is 13.8 Å². The molecule has 0 aliphatic carbocycles. The molecule has 0 bridgehead atoms. The molecule has 0 spiro atoms. The van der Waals surface area contributed by atoms with E-state index in [9.17, 15) is 0 Å². The summed E-state index contributed by atoms with van der Waals surface area (Å²) in [4.78, 5) is 0. The van der Waals surface area contributed by atoms with Gasteiger partial charge >= 0.3 is 0 Å². The number of hydrogen-bond donors (Lipinski definition) is 1. The van der Waals surface area contributed by atoms with Crippen molar-refractivity contribution in [3.63, 3.8) is 0 Å². The molecule has 2 nitrogen and oxygen atoms in total. The van der Waals surface area contributed by atoms with Crippen molar-refractivity contribution in [2.24, 2.45) is 0 Å². The highest BCUT2D eigenvalue weighted by Crippen LogP contribution is 2.25. The van der Waals surface area contributed by atoms with Crippen LogP contribution >= 0.6 is 0 Å². The van der Waals surface area contributed by atoms with Gasteiger partial charge in [0.05, 0.1) is 12.6 Å². The predicted octanol–water partition coefficient (Wildman–Crippen LogP) is 4.40. The summed E-state index contributed by atoms with van der Waals surface area (Å²) in [7, 11) is 2.00. The maximum absolute atomic E-state index is 5.64. The van der Waals surface area contributed by atoms with Gasteiger partial charge in [-0.2, -0.15) is 0 Å². The van der Waals surface area contributed by atoms with E-state index in [1.165, 1.54) is 22.3 Å². The van der Waals surface area contributed by atoms with Gasteiger partial charge in [0.25, 0.3) is 0 Å². The molecule has 0 heterocycles. The Kier molecular flexibility index (Phi) is 5.40. The lowest BCUT2D eigenvalue weighted by Crippen LogP contribution is -2.17. The van der Waals surface area contributed by atoms with Gasteiger partial charge in [-0.25, -0.2) is 0 Å². The zero-order valence-corrected chi connectivity index (χ0v) is 13.4.